The second kappa shape index (κ2) is 5.88. The molecule has 3 aromatic rings. The van der Waals surface area contributed by atoms with Gasteiger partial charge < -0.3 is 9.51 Å². The third kappa shape index (κ3) is 2.97. The van der Waals surface area contributed by atoms with E-state index >= 15 is 0 Å². The molecule has 0 unspecified atom stereocenters. The summed E-state index contributed by atoms with van der Waals surface area (Å²) in [6.07, 6.45) is 0.470. The van der Waals surface area contributed by atoms with Crippen molar-refractivity contribution in [1.29, 1.82) is 0 Å². The van der Waals surface area contributed by atoms with Crippen LogP contribution in [0.3, 0.4) is 0 Å². The molecule has 0 aliphatic carbocycles. The highest BCUT2D eigenvalue weighted by Crippen LogP contribution is 2.22. The Morgan fingerprint density at radius 3 is 2.43 bits per heavy atom. The molecule has 0 radical (unpaired) electrons. The minimum absolute atomic E-state index is 0.0821. The molecule has 23 heavy (non-hydrogen) atoms. The maximum Gasteiger partial charge on any atom is 0.188 e. The van der Waals surface area contributed by atoms with E-state index < -0.39 is 0 Å². The smallest absolute Gasteiger partial charge is 0.188 e. The summed E-state index contributed by atoms with van der Waals surface area (Å²) >= 11 is 0. The van der Waals surface area contributed by atoms with Crippen molar-refractivity contribution in [3.8, 4) is 11.3 Å². The quantitative estimate of drug-likeness (QED) is 0.799. The van der Waals surface area contributed by atoms with Gasteiger partial charge in [-0.2, -0.15) is 0 Å². The van der Waals surface area contributed by atoms with Gasteiger partial charge in [0.25, 0.3) is 0 Å². The summed E-state index contributed by atoms with van der Waals surface area (Å²) < 4.78 is 5.43. The zero-order chi connectivity index (χ0) is 16.6. The fraction of sp³-hybridized carbons (Fsp3) is 0.263. The standard InChI is InChI=1S/C19H20N2O2/c1-11-5-7-15(8-6-11)18-10-16(21-23-18)9-17-14(4)20-13(3)12(2)19(17)22/h5-8,10H,9H2,1-4H3,(H,20,22). The van der Waals surface area contributed by atoms with E-state index in [1.807, 2.05) is 58.0 Å². The molecule has 0 saturated heterocycles. The van der Waals surface area contributed by atoms with E-state index in [0.717, 1.165) is 39.5 Å². The van der Waals surface area contributed by atoms with Crippen molar-refractivity contribution in [2.45, 2.75) is 34.1 Å². The minimum atomic E-state index is 0.0821. The molecule has 3 rings (SSSR count). The van der Waals surface area contributed by atoms with Gasteiger partial charge in [-0.1, -0.05) is 35.0 Å². The van der Waals surface area contributed by atoms with Crippen molar-refractivity contribution in [3.05, 3.63) is 74.3 Å². The number of hydrogen-bond acceptors (Lipinski definition) is 3. The number of hydrogen-bond donors (Lipinski definition) is 1. The molecule has 0 aliphatic rings. The number of aryl methyl sites for hydroxylation is 3. The van der Waals surface area contributed by atoms with Gasteiger partial charge in [-0.25, -0.2) is 0 Å². The third-order valence-corrected chi connectivity index (χ3v) is 4.26. The highest BCUT2D eigenvalue weighted by molar-refractivity contribution is 5.57. The first-order valence-corrected chi connectivity index (χ1v) is 7.67. The topological polar surface area (TPSA) is 58.9 Å². The first-order valence-electron chi connectivity index (χ1n) is 7.67. The number of pyridine rings is 1. The molecule has 0 aliphatic heterocycles. The molecular weight excluding hydrogens is 288 g/mol. The monoisotopic (exact) mass is 308 g/mol. The maximum atomic E-state index is 12.5. The number of nitrogens with one attached hydrogen (secondary N) is 1. The minimum Gasteiger partial charge on any atom is -0.362 e. The first kappa shape index (κ1) is 15.3. The molecule has 0 amide bonds. The fourth-order valence-electron chi connectivity index (χ4n) is 2.66. The van der Waals surface area contributed by atoms with Crippen LogP contribution in [-0.4, -0.2) is 10.1 Å². The Balaban J connectivity index is 1.92. The number of nitrogens with zero attached hydrogens (tertiary/aromatic N) is 1. The average Bonchev–Trinajstić information content (AvgIpc) is 2.99. The van der Waals surface area contributed by atoms with Gasteiger partial charge in [-0.05, 0) is 27.7 Å². The molecule has 4 heteroatoms. The van der Waals surface area contributed by atoms with Crippen LogP contribution in [-0.2, 0) is 6.42 Å². The van der Waals surface area contributed by atoms with Crippen LogP contribution >= 0.6 is 0 Å². The van der Waals surface area contributed by atoms with Gasteiger partial charge >= 0.3 is 0 Å². The van der Waals surface area contributed by atoms with Gasteiger partial charge in [0, 0.05) is 40.6 Å². The Bertz CT molecular complexity index is 902. The molecule has 2 aromatic heterocycles. The largest absolute Gasteiger partial charge is 0.362 e. The molecule has 118 valence electrons. The summed E-state index contributed by atoms with van der Waals surface area (Å²) in [5, 5.41) is 4.12. The lowest BCUT2D eigenvalue weighted by Gasteiger charge is -2.07. The Hall–Kier alpha value is -2.62. The number of aromatic nitrogens is 2. The molecule has 0 bridgehead atoms. The lowest BCUT2D eigenvalue weighted by Crippen LogP contribution is -2.17. The van der Waals surface area contributed by atoms with Crippen LogP contribution in [0.1, 0.15) is 33.8 Å². The number of H-pyrrole nitrogens is 1. The second-order valence-electron chi connectivity index (χ2n) is 6.03. The molecule has 0 fully saturated rings. The van der Waals surface area contributed by atoms with Gasteiger partial charge in [0.05, 0.1) is 5.69 Å². The molecule has 0 saturated carbocycles. The van der Waals surface area contributed by atoms with Crippen molar-refractivity contribution in [2.24, 2.45) is 0 Å². The Morgan fingerprint density at radius 2 is 1.74 bits per heavy atom. The molecule has 2 heterocycles. The third-order valence-electron chi connectivity index (χ3n) is 4.26. The second-order valence-corrected chi connectivity index (χ2v) is 6.03. The Labute approximate surface area is 135 Å². The molecular formula is C19H20N2O2. The van der Waals surface area contributed by atoms with Gasteiger partial charge in [0.2, 0.25) is 0 Å². The van der Waals surface area contributed by atoms with Gasteiger partial charge in [-0.15, -0.1) is 0 Å². The van der Waals surface area contributed by atoms with Crippen LogP contribution in [0.2, 0.25) is 0 Å². The Kier molecular flexibility index (Phi) is 3.90. The predicted octanol–water partition coefficient (Wildman–Crippen LogP) is 3.85. The van der Waals surface area contributed by atoms with Crippen LogP contribution < -0.4 is 5.43 Å². The van der Waals surface area contributed by atoms with Crippen LogP contribution in [0.15, 0.2) is 39.6 Å². The van der Waals surface area contributed by atoms with E-state index in [9.17, 15) is 4.79 Å². The summed E-state index contributed by atoms with van der Waals surface area (Å²) in [5.41, 5.74) is 6.33. The number of aromatic amines is 1. The molecule has 4 nitrogen and oxygen atoms in total. The van der Waals surface area contributed by atoms with E-state index in [1.54, 1.807) is 0 Å². The zero-order valence-corrected chi connectivity index (χ0v) is 13.9. The molecule has 1 N–H and O–H groups in total. The summed E-state index contributed by atoms with van der Waals surface area (Å²) in [6, 6.07) is 9.99. The van der Waals surface area contributed by atoms with Crippen LogP contribution in [0, 0.1) is 27.7 Å². The molecule has 0 atom stereocenters. The highest BCUT2D eigenvalue weighted by Gasteiger charge is 2.13. The summed E-state index contributed by atoms with van der Waals surface area (Å²) in [5.74, 6) is 0.720. The predicted molar refractivity (Wildman–Crippen MR) is 90.8 cm³/mol. The highest BCUT2D eigenvalue weighted by atomic mass is 16.5. The van der Waals surface area contributed by atoms with Gasteiger partial charge in [0.1, 0.15) is 0 Å². The van der Waals surface area contributed by atoms with Crippen LogP contribution in [0.25, 0.3) is 11.3 Å². The van der Waals surface area contributed by atoms with E-state index in [0.29, 0.717) is 6.42 Å². The van der Waals surface area contributed by atoms with Gasteiger partial charge in [-0.3, -0.25) is 4.79 Å². The Morgan fingerprint density at radius 1 is 1.04 bits per heavy atom. The SMILES string of the molecule is Cc1ccc(-c2cc(Cc3c(C)[nH]c(C)c(C)c3=O)no2)cc1. The maximum absolute atomic E-state index is 12.5. The van der Waals surface area contributed by atoms with E-state index in [-0.39, 0.29) is 5.43 Å². The van der Waals surface area contributed by atoms with E-state index in [4.69, 9.17) is 4.52 Å². The van der Waals surface area contributed by atoms with E-state index in [2.05, 4.69) is 10.1 Å². The van der Waals surface area contributed by atoms with E-state index in [1.165, 1.54) is 5.56 Å². The van der Waals surface area contributed by atoms with Crippen molar-refractivity contribution >= 4 is 0 Å². The number of benzene rings is 1. The molecule has 0 spiro atoms. The molecule has 1 aromatic carbocycles. The van der Waals surface area contributed by atoms with Crippen molar-refractivity contribution in [2.75, 3.05) is 0 Å². The summed E-state index contributed by atoms with van der Waals surface area (Å²) in [7, 11) is 0. The average molecular weight is 308 g/mol. The van der Waals surface area contributed by atoms with Crippen LogP contribution in [0.4, 0.5) is 0 Å². The van der Waals surface area contributed by atoms with Gasteiger partial charge in [0.15, 0.2) is 11.2 Å². The lowest BCUT2D eigenvalue weighted by atomic mass is 10.0. The van der Waals surface area contributed by atoms with Crippen LogP contribution in [0.5, 0.6) is 0 Å². The fourth-order valence-corrected chi connectivity index (χ4v) is 2.66. The zero-order valence-electron chi connectivity index (χ0n) is 13.9. The lowest BCUT2D eigenvalue weighted by molar-refractivity contribution is 0.425. The number of rotatable bonds is 3. The normalized spacial score (nSPS) is 11.0. The van der Waals surface area contributed by atoms with Crippen molar-refractivity contribution < 1.29 is 4.52 Å². The van der Waals surface area contributed by atoms with Crippen molar-refractivity contribution in [1.82, 2.24) is 10.1 Å². The van der Waals surface area contributed by atoms with Crippen molar-refractivity contribution in [3.63, 3.8) is 0 Å². The first-order chi connectivity index (χ1) is 11.0. The summed E-state index contributed by atoms with van der Waals surface area (Å²) in [4.78, 5) is 15.7. The summed E-state index contributed by atoms with van der Waals surface area (Å²) in [6.45, 7) is 7.73.